The first-order chi connectivity index (χ1) is 11.3. The molecule has 1 N–H and O–H groups in total. The second-order valence-corrected chi connectivity index (χ2v) is 4.58. The van der Waals surface area contributed by atoms with Crippen LogP contribution in [0.15, 0.2) is 42.7 Å². The van der Waals surface area contributed by atoms with Gasteiger partial charge in [0.15, 0.2) is 0 Å². The number of hydrogen-bond acceptors (Lipinski definition) is 4. The zero-order valence-corrected chi connectivity index (χ0v) is 11.9. The van der Waals surface area contributed by atoms with Gasteiger partial charge in [-0.1, -0.05) is 12.1 Å². The Kier molecular flexibility index (Phi) is 5.12. The molecule has 5 nitrogen and oxygen atoms in total. The van der Waals surface area contributed by atoms with Gasteiger partial charge in [-0.05, 0) is 23.8 Å². The largest absolute Gasteiger partial charge is 0.444 e. The van der Waals surface area contributed by atoms with E-state index < -0.39 is 35.1 Å². The van der Waals surface area contributed by atoms with Crippen LogP contribution < -0.4 is 5.32 Å². The highest BCUT2D eigenvalue weighted by Crippen LogP contribution is 2.31. The number of carbonyl (C=O) groups excluding carboxylic acids is 2. The number of benzene rings is 1. The third-order valence-corrected chi connectivity index (χ3v) is 2.85. The van der Waals surface area contributed by atoms with Gasteiger partial charge in [-0.25, -0.2) is 9.18 Å². The van der Waals surface area contributed by atoms with Crippen LogP contribution in [0, 0.1) is 5.82 Å². The van der Waals surface area contributed by atoms with E-state index in [-0.39, 0.29) is 6.61 Å². The molecule has 1 aromatic heterocycles. The van der Waals surface area contributed by atoms with Gasteiger partial charge >= 0.3 is 12.3 Å². The summed E-state index contributed by atoms with van der Waals surface area (Å²) in [5.74, 6) is -1.85. The Morgan fingerprint density at radius 2 is 1.96 bits per heavy atom. The van der Waals surface area contributed by atoms with Crippen molar-refractivity contribution in [3.8, 4) is 0 Å². The first-order valence-electron chi connectivity index (χ1n) is 6.51. The van der Waals surface area contributed by atoms with Gasteiger partial charge in [-0.15, -0.1) is 0 Å². The van der Waals surface area contributed by atoms with Gasteiger partial charge in [0, 0.05) is 12.4 Å². The van der Waals surface area contributed by atoms with Crippen LogP contribution in [0.2, 0.25) is 0 Å². The van der Waals surface area contributed by atoms with E-state index in [1.807, 2.05) is 0 Å². The van der Waals surface area contributed by atoms with E-state index in [9.17, 15) is 27.2 Å². The van der Waals surface area contributed by atoms with Gasteiger partial charge in [-0.2, -0.15) is 13.2 Å². The third-order valence-electron chi connectivity index (χ3n) is 2.85. The number of ether oxygens (including phenoxy) is 1. The second kappa shape index (κ2) is 7.07. The fraction of sp³-hybridized carbons (Fsp3) is 0.133. The van der Waals surface area contributed by atoms with Crippen molar-refractivity contribution < 1.29 is 31.9 Å². The number of halogens is 4. The topological polar surface area (TPSA) is 68.3 Å². The SMILES string of the molecule is O=C(NC(=O)c1cnccc1C(F)(F)F)OCc1cccc(F)c1. The molecule has 9 heteroatoms. The Bertz CT molecular complexity index is 762. The Morgan fingerprint density at radius 1 is 1.21 bits per heavy atom. The van der Waals surface area contributed by atoms with Crippen molar-refractivity contribution in [3.63, 3.8) is 0 Å². The van der Waals surface area contributed by atoms with Crippen LogP contribution >= 0.6 is 0 Å². The van der Waals surface area contributed by atoms with Crippen molar-refractivity contribution in [2.75, 3.05) is 0 Å². The number of alkyl carbamates (subject to hydrolysis) is 1. The van der Waals surface area contributed by atoms with E-state index in [1.165, 1.54) is 18.2 Å². The number of hydrogen-bond donors (Lipinski definition) is 1. The number of carbonyl (C=O) groups is 2. The second-order valence-electron chi connectivity index (χ2n) is 4.58. The lowest BCUT2D eigenvalue weighted by atomic mass is 10.1. The van der Waals surface area contributed by atoms with E-state index in [1.54, 1.807) is 5.32 Å². The molecule has 0 spiro atoms. The summed E-state index contributed by atoms with van der Waals surface area (Å²) in [6.07, 6.45) is -4.47. The molecule has 0 aliphatic heterocycles. The molecule has 1 aromatic carbocycles. The highest BCUT2D eigenvalue weighted by Gasteiger charge is 2.35. The van der Waals surface area contributed by atoms with Crippen molar-refractivity contribution in [2.24, 2.45) is 0 Å². The van der Waals surface area contributed by atoms with E-state index in [2.05, 4.69) is 9.72 Å². The van der Waals surface area contributed by atoms with Gasteiger partial charge < -0.3 is 4.74 Å². The van der Waals surface area contributed by atoms with Crippen molar-refractivity contribution in [3.05, 3.63) is 65.2 Å². The van der Waals surface area contributed by atoms with Gasteiger partial charge in [0.05, 0.1) is 11.1 Å². The third kappa shape index (κ3) is 4.51. The molecule has 0 aliphatic carbocycles. The van der Waals surface area contributed by atoms with Crippen molar-refractivity contribution in [1.29, 1.82) is 0 Å². The number of pyridine rings is 1. The zero-order valence-electron chi connectivity index (χ0n) is 11.9. The summed E-state index contributed by atoms with van der Waals surface area (Å²) in [5, 5.41) is 1.66. The maximum Gasteiger partial charge on any atom is 0.417 e. The maximum atomic E-state index is 13.0. The lowest BCUT2D eigenvalue weighted by Crippen LogP contribution is -2.32. The quantitative estimate of drug-likeness (QED) is 0.869. The van der Waals surface area contributed by atoms with Crippen LogP contribution in [0.1, 0.15) is 21.5 Å². The zero-order chi connectivity index (χ0) is 17.7. The van der Waals surface area contributed by atoms with Crippen LogP contribution in [0.4, 0.5) is 22.4 Å². The number of rotatable bonds is 3. The molecule has 2 aromatic rings. The highest BCUT2D eigenvalue weighted by atomic mass is 19.4. The molecule has 0 fully saturated rings. The van der Waals surface area contributed by atoms with Crippen LogP contribution in [0.3, 0.4) is 0 Å². The Morgan fingerprint density at radius 3 is 2.62 bits per heavy atom. The van der Waals surface area contributed by atoms with Crippen molar-refractivity contribution >= 4 is 12.0 Å². The molecule has 0 radical (unpaired) electrons. The predicted octanol–water partition coefficient (Wildman–Crippen LogP) is 3.31. The van der Waals surface area contributed by atoms with E-state index in [0.717, 1.165) is 12.3 Å². The van der Waals surface area contributed by atoms with Gasteiger partial charge in [-0.3, -0.25) is 15.1 Å². The average molecular weight is 342 g/mol. The molecule has 1 heterocycles. The molecule has 0 saturated carbocycles. The molecular formula is C15H10F4N2O3. The lowest BCUT2D eigenvalue weighted by Gasteiger charge is -2.11. The molecule has 24 heavy (non-hydrogen) atoms. The monoisotopic (exact) mass is 342 g/mol. The maximum absolute atomic E-state index is 13.0. The number of alkyl halides is 3. The van der Waals surface area contributed by atoms with Crippen LogP contribution in [-0.4, -0.2) is 17.0 Å². The van der Waals surface area contributed by atoms with Crippen molar-refractivity contribution in [2.45, 2.75) is 12.8 Å². The van der Waals surface area contributed by atoms with Crippen LogP contribution in [0.5, 0.6) is 0 Å². The molecule has 0 aliphatic rings. The number of nitrogens with zero attached hydrogens (tertiary/aromatic N) is 1. The molecule has 2 rings (SSSR count). The highest BCUT2D eigenvalue weighted by molar-refractivity contribution is 6.03. The summed E-state index contributed by atoms with van der Waals surface area (Å²) in [6.45, 7) is -0.351. The molecule has 0 saturated heterocycles. The fourth-order valence-corrected chi connectivity index (χ4v) is 1.79. The number of aromatic nitrogens is 1. The summed E-state index contributed by atoms with van der Waals surface area (Å²) < 4.78 is 56.0. The predicted molar refractivity (Wildman–Crippen MR) is 73.3 cm³/mol. The molecule has 0 atom stereocenters. The Hall–Kier alpha value is -2.97. The molecule has 126 valence electrons. The Balaban J connectivity index is 2.01. The summed E-state index contributed by atoms with van der Waals surface area (Å²) in [4.78, 5) is 26.7. The van der Waals surface area contributed by atoms with Gasteiger partial charge in [0.2, 0.25) is 0 Å². The van der Waals surface area contributed by atoms with E-state index in [4.69, 9.17) is 0 Å². The number of imide groups is 1. The van der Waals surface area contributed by atoms with E-state index >= 15 is 0 Å². The van der Waals surface area contributed by atoms with Gasteiger partial charge in [0.25, 0.3) is 5.91 Å². The average Bonchev–Trinajstić information content (AvgIpc) is 2.52. The Labute approximate surface area is 133 Å². The first kappa shape index (κ1) is 17.4. The minimum Gasteiger partial charge on any atom is -0.444 e. The van der Waals surface area contributed by atoms with Crippen LogP contribution in [-0.2, 0) is 17.5 Å². The molecule has 2 amide bonds. The summed E-state index contributed by atoms with van der Waals surface area (Å²) in [7, 11) is 0. The summed E-state index contributed by atoms with van der Waals surface area (Å²) in [5.41, 5.74) is -1.73. The standard InChI is InChI=1S/C15H10F4N2O3/c16-10-3-1-2-9(6-10)8-24-14(23)21-13(22)11-7-20-5-4-12(11)15(17,18)19/h1-7H,8H2,(H,21,22,23). The fourth-order valence-electron chi connectivity index (χ4n) is 1.79. The van der Waals surface area contributed by atoms with Crippen molar-refractivity contribution in [1.82, 2.24) is 10.3 Å². The molecule has 0 bridgehead atoms. The van der Waals surface area contributed by atoms with Crippen LogP contribution in [0.25, 0.3) is 0 Å². The van der Waals surface area contributed by atoms with Gasteiger partial charge in [0.1, 0.15) is 12.4 Å². The lowest BCUT2D eigenvalue weighted by molar-refractivity contribution is -0.138. The normalized spacial score (nSPS) is 11.0. The number of amides is 2. The smallest absolute Gasteiger partial charge is 0.417 e. The van der Waals surface area contributed by atoms with E-state index in [0.29, 0.717) is 17.8 Å². The first-order valence-corrected chi connectivity index (χ1v) is 6.51. The minimum absolute atomic E-state index is 0.315. The summed E-state index contributed by atoms with van der Waals surface area (Å²) in [6, 6.07) is 5.78. The minimum atomic E-state index is -4.78. The molecular weight excluding hydrogens is 332 g/mol. The number of nitrogens with one attached hydrogen (secondary N) is 1. The summed E-state index contributed by atoms with van der Waals surface area (Å²) >= 11 is 0. The molecule has 0 unspecified atom stereocenters.